The maximum absolute atomic E-state index is 5.71. The molecular weight excluding hydrogens is 246 g/mol. The Bertz CT molecular complexity index is 483. The van der Waals surface area contributed by atoms with Gasteiger partial charge < -0.3 is 0 Å². The summed E-state index contributed by atoms with van der Waals surface area (Å²) in [7, 11) is 0. The molecule has 2 aromatic rings. The minimum Gasteiger partial charge on any atom is -0.296 e. The van der Waals surface area contributed by atoms with E-state index in [4.69, 9.17) is 4.84 Å². The van der Waals surface area contributed by atoms with Crippen LogP contribution in [0.3, 0.4) is 0 Å². The lowest BCUT2D eigenvalue weighted by Gasteiger charge is -2.24. The molecule has 0 aliphatic rings. The van der Waals surface area contributed by atoms with Crippen molar-refractivity contribution in [2.45, 2.75) is 32.9 Å². The normalized spacial score (nSPS) is 13.9. The second-order valence-corrected chi connectivity index (χ2v) is 5.17. The molecule has 0 bridgehead atoms. The van der Waals surface area contributed by atoms with Crippen LogP contribution in [0.15, 0.2) is 60.7 Å². The number of nitrogens with one attached hydrogen (secondary N) is 1. The van der Waals surface area contributed by atoms with Crippen molar-refractivity contribution < 1.29 is 4.84 Å². The van der Waals surface area contributed by atoms with Crippen molar-refractivity contribution in [3.05, 3.63) is 71.8 Å². The summed E-state index contributed by atoms with van der Waals surface area (Å²) in [5.74, 6) is 0.521. The molecular formula is C18H23NO. The second kappa shape index (κ2) is 7.83. The average molecular weight is 269 g/mol. The Hall–Kier alpha value is -1.64. The Kier molecular flexibility index (Phi) is 5.78. The molecule has 0 aromatic heterocycles. The van der Waals surface area contributed by atoms with Gasteiger partial charge in [0.15, 0.2) is 0 Å². The summed E-state index contributed by atoms with van der Waals surface area (Å²) in [6, 6.07) is 20.9. The fourth-order valence-corrected chi connectivity index (χ4v) is 2.20. The van der Waals surface area contributed by atoms with Gasteiger partial charge in [-0.15, -0.1) is 0 Å². The maximum Gasteiger partial charge on any atom is 0.0933 e. The number of benzene rings is 2. The Balaban J connectivity index is 1.95. The monoisotopic (exact) mass is 269 g/mol. The van der Waals surface area contributed by atoms with E-state index in [2.05, 4.69) is 55.7 Å². The second-order valence-electron chi connectivity index (χ2n) is 5.17. The molecule has 0 spiro atoms. The molecule has 0 aliphatic carbocycles. The summed E-state index contributed by atoms with van der Waals surface area (Å²) in [5, 5.41) is 0. The highest BCUT2D eigenvalue weighted by Gasteiger charge is 2.17. The van der Waals surface area contributed by atoms with Gasteiger partial charge in [-0.3, -0.25) is 4.84 Å². The lowest BCUT2D eigenvalue weighted by Crippen LogP contribution is -2.27. The molecule has 2 aromatic carbocycles. The van der Waals surface area contributed by atoms with Gasteiger partial charge in [0.25, 0.3) is 0 Å². The van der Waals surface area contributed by atoms with E-state index >= 15 is 0 Å². The quantitative estimate of drug-likeness (QED) is 0.747. The van der Waals surface area contributed by atoms with Gasteiger partial charge in [-0.25, -0.2) is 0 Å². The van der Waals surface area contributed by atoms with E-state index in [9.17, 15) is 0 Å². The number of rotatable bonds is 7. The standard InChI is InChI=1S/C18H23NO/c1-3-15(2)18(17-12-8-5-9-13-17)19-20-14-16-10-6-4-7-11-16/h4-13,15,18-19H,3,14H2,1-2H3. The highest BCUT2D eigenvalue weighted by Crippen LogP contribution is 2.24. The topological polar surface area (TPSA) is 21.3 Å². The minimum atomic E-state index is 0.227. The van der Waals surface area contributed by atoms with Crippen LogP contribution < -0.4 is 5.48 Å². The van der Waals surface area contributed by atoms with Gasteiger partial charge in [-0.2, -0.15) is 5.48 Å². The first-order valence-corrected chi connectivity index (χ1v) is 7.27. The molecule has 0 amide bonds. The highest BCUT2D eigenvalue weighted by molar-refractivity contribution is 5.19. The van der Waals surface area contributed by atoms with Crippen LogP contribution in [0.1, 0.15) is 37.4 Å². The molecule has 2 rings (SSSR count). The lowest BCUT2D eigenvalue weighted by molar-refractivity contribution is -0.0101. The van der Waals surface area contributed by atoms with Crippen molar-refractivity contribution in [1.29, 1.82) is 0 Å². The van der Waals surface area contributed by atoms with Gasteiger partial charge in [0.2, 0.25) is 0 Å². The molecule has 0 radical (unpaired) electrons. The molecule has 0 heterocycles. The summed E-state index contributed by atoms with van der Waals surface area (Å²) in [4.78, 5) is 5.71. The summed E-state index contributed by atoms with van der Waals surface area (Å²) >= 11 is 0. The number of hydroxylamine groups is 1. The van der Waals surface area contributed by atoms with Crippen LogP contribution in [-0.4, -0.2) is 0 Å². The van der Waals surface area contributed by atoms with Crippen LogP contribution in [0.2, 0.25) is 0 Å². The first-order chi connectivity index (χ1) is 9.81. The lowest BCUT2D eigenvalue weighted by atomic mass is 9.93. The minimum absolute atomic E-state index is 0.227. The molecule has 0 fully saturated rings. The van der Waals surface area contributed by atoms with Crippen LogP contribution in [0.5, 0.6) is 0 Å². The molecule has 0 saturated carbocycles. The third-order valence-electron chi connectivity index (χ3n) is 3.66. The average Bonchev–Trinajstić information content (AvgIpc) is 2.53. The van der Waals surface area contributed by atoms with Gasteiger partial charge in [-0.1, -0.05) is 80.9 Å². The van der Waals surface area contributed by atoms with Gasteiger partial charge >= 0.3 is 0 Å². The Labute approximate surface area is 121 Å². The number of hydrogen-bond acceptors (Lipinski definition) is 2. The van der Waals surface area contributed by atoms with Crippen molar-refractivity contribution >= 4 is 0 Å². The molecule has 2 nitrogen and oxygen atoms in total. The van der Waals surface area contributed by atoms with E-state index < -0.39 is 0 Å². The van der Waals surface area contributed by atoms with Crippen molar-refractivity contribution in [1.82, 2.24) is 5.48 Å². The third-order valence-corrected chi connectivity index (χ3v) is 3.66. The summed E-state index contributed by atoms with van der Waals surface area (Å²) in [5.41, 5.74) is 5.69. The van der Waals surface area contributed by atoms with Crippen LogP contribution >= 0.6 is 0 Å². The van der Waals surface area contributed by atoms with Gasteiger partial charge in [-0.05, 0) is 17.0 Å². The third kappa shape index (κ3) is 4.19. The van der Waals surface area contributed by atoms with Gasteiger partial charge in [0.1, 0.15) is 0 Å². The Morgan fingerprint density at radius 2 is 1.55 bits per heavy atom. The molecule has 2 atom stereocenters. The zero-order valence-corrected chi connectivity index (χ0v) is 12.3. The van der Waals surface area contributed by atoms with Crippen LogP contribution in [0.4, 0.5) is 0 Å². The SMILES string of the molecule is CCC(C)C(NOCc1ccccc1)c1ccccc1. The van der Waals surface area contributed by atoms with Crippen LogP contribution in [-0.2, 0) is 11.4 Å². The summed E-state index contributed by atoms with van der Waals surface area (Å²) in [6.45, 7) is 5.04. The number of hydrogen-bond donors (Lipinski definition) is 1. The van der Waals surface area contributed by atoms with Crippen molar-refractivity contribution in [3.8, 4) is 0 Å². The largest absolute Gasteiger partial charge is 0.296 e. The zero-order valence-electron chi connectivity index (χ0n) is 12.3. The first-order valence-electron chi connectivity index (χ1n) is 7.27. The first kappa shape index (κ1) is 14.8. The van der Waals surface area contributed by atoms with E-state index in [1.807, 2.05) is 24.3 Å². The molecule has 106 valence electrons. The Morgan fingerprint density at radius 1 is 0.950 bits per heavy atom. The van der Waals surface area contributed by atoms with Gasteiger partial charge in [0, 0.05) is 0 Å². The summed E-state index contributed by atoms with van der Waals surface area (Å²) in [6.07, 6.45) is 1.11. The molecule has 2 heteroatoms. The fourth-order valence-electron chi connectivity index (χ4n) is 2.20. The molecule has 20 heavy (non-hydrogen) atoms. The van der Waals surface area contributed by atoms with Crippen molar-refractivity contribution in [2.75, 3.05) is 0 Å². The van der Waals surface area contributed by atoms with E-state index in [0.29, 0.717) is 12.5 Å². The van der Waals surface area contributed by atoms with E-state index in [-0.39, 0.29) is 6.04 Å². The molecule has 2 unspecified atom stereocenters. The highest BCUT2D eigenvalue weighted by atomic mass is 16.6. The van der Waals surface area contributed by atoms with Gasteiger partial charge in [0.05, 0.1) is 12.6 Å². The fraction of sp³-hybridized carbons (Fsp3) is 0.333. The predicted molar refractivity (Wildman–Crippen MR) is 83.0 cm³/mol. The predicted octanol–water partition coefficient (Wildman–Crippen LogP) is 4.50. The van der Waals surface area contributed by atoms with E-state index in [1.165, 1.54) is 11.1 Å². The zero-order chi connectivity index (χ0) is 14.2. The van der Waals surface area contributed by atoms with Crippen LogP contribution in [0.25, 0.3) is 0 Å². The summed E-state index contributed by atoms with van der Waals surface area (Å²) < 4.78 is 0. The molecule has 0 aliphatic heterocycles. The maximum atomic E-state index is 5.71. The smallest absolute Gasteiger partial charge is 0.0933 e. The molecule has 0 saturated heterocycles. The van der Waals surface area contributed by atoms with Crippen molar-refractivity contribution in [2.24, 2.45) is 5.92 Å². The van der Waals surface area contributed by atoms with Crippen LogP contribution in [0, 0.1) is 5.92 Å². The van der Waals surface area contributed by atoms with Crippen molar-refractivity contribution in [3.63, 3.8) is 0 Å². The Morgan fingerprint density at radius 3 is 2.15 bits per heavy atom. The van der Waals surface area contributed by atoms with E-state index in [0.717, 1.165) is 6.42 Å². The van der Waals surface area contributed by atoms with E-state index in [1.54, 1.807) is 0 Å². The molecule has 1 N–H and O–H groups in total.